The highest BCUT2D eigenvalue weighted by atomic mass is 16.5. The molecule has 0 aliphatic carbocycles. The van der Waals surface area contributed by atoms with E-state index in [-0.39, 0.29) is 89.9 Å². The van der Waals surface area contributed by atoms with Gasteiger partial charge in [0.15, 0.2) is 0 Å². The van der Waals surface area contributed by atoms with Gasteiger partial charge in [0, 0.05) is 80.7 Å². The fraction of sp³-hybridized carbons (Fsp3) is 0.855. The summed E-state index contributed by atoms with van der Waals surface area (Å²) in [6.45, 7) is 33.9. The summed E-state index contributed by atoms with van der Waals surface area (Å²) in [4.78, 5) is 73.0. The number of ether oxygens (including phenoxy) is 4. The number of unbranched alkanes of at least 4 members (excludes halogenated alkanes) is 1. The maximum Gasteiger partial charge on any atom is 0.222 e. The largest absolute Gasteiger partial charge is 0.411 e. The van der Waals surface area contributed by atoms with E-state index < -0.39 is 17.1 Å². The number of nitrogens with one attached hydrogen (secondary N) is 8. The average molecular weight is 1070 g/mol. The molecular formula is C55H105N9O11. The van der Waals surface area contributed by atoms with E-state index in [1.807, 2.05) is 76.2 Å². The minimum Gasteiger partial charge on any atom is -0.411 e. The zero-order valence-corrected chi connectivity index (χ0v) is 49.0. The molecule has 3 atom stereocenters. The summed E-state index contributed by atoms with van der Waals surface area (Å²) >= 11 is 0. The van der Waals surface area contributed by atoms with Gasteiger partial charge in [-0.05, 0) is 111 Å². The summed E-state index contributed by atoms with van der Waals surface area (Å²) in [7, 11) is 0. The number of carbonyl (C=O) groups is 6. The number of carbonyl (C=O) groups excluding carboxylic acids is 6. The Bertz CT molecular complexity index is 1720. The third-order valence-corrected chi connectivity index (χ3v) is 13.0. The molecule has 0 saturated carbocycles. The maximum absolute atomic E-state index is 12.7. The van der Waals surface area contributed by atoms with Crippen LogP contribution in [-0.4, -0.2) is 162 Å². The monoisotopic (exact) mass is 1070 g/mol. The van der Waals surface area contributed by atoms with Gasteiger partial charge in [0.25, 0.3) is 0 Å². The molecule has 5 amide bonds. The number of hydrogen-bond acceptors (Lipinski definition) is 15. The van der Waals surface area contributed by atoms with Crippen molar-refractivity contribution in [1.29, 1.82) is 5.41 Å². The van der Waals surface area contributed by atoms with Gasteiger partial charge in [-0.1, -0.05) is 53.6 Å². The number of aldehydes is 1. The average Bonchev–Trinajstić information content (AvgIpc) is 3.31. The van der Waals surface area contributed by atoms with Crippen molar-refractivity contribution in [2.24, 2.45) is 33.2 Å². The van der Waals surface area contributed by atoms with Crippen LogP contribution in [0.5, 0.6) is 0 Å². The van der Waals surface area contributed by atoms with Crippen LogP contribution in [0.3, 0.4) is 0 Å². The third-order valence-electron chi connectivity index (χ3n) is 13.0. The Hall–Kier alpha value is -4.08. The molecule has 0 aromatic carbocycles. The number of nitrogens with zero attached hydrogens (tertiary/aromatic N) is 1. The van der Waals surface area contributed by atoms with Gasteiger partial charge < -0.3 is 71.6 Å². The highest BCUT2D eigenvalue weighted by Gasteiger charge is 2.26. The Morgan fingerprint density at radius 2 is 1.07 bits per heavy atom. The first-order chi connectivity index (χ1) is 34.9. The Morgan fingerprint density at radius 1 is 0.573 bits per heavy atom. The Labute approximate surface area is 451 Å². The molecule has 0 bridgehead atoms. The fourth-order valence-corrected chi connectivity index (χ4v) is 7.27. The molecule has 0 spiro atoms. The van der Waals surface area contributed by atoms with Crippen molar-refractivity contribution in [3.05, 3.63) is 0 Å². The summed E-state index contributed by atoms with van der Waals surface area (Å²) in [5.74, 6) is -0.215. The van der Waals surface area contributed by atoms with E-state index in [0.29, 0.717) is 122 Å². The molecule has 0 saturated heterocycles. The highest BCUT2D eigenvalue weighted by Crippen LogP contribution is 2.21. The molecule has 75 heavy (non-hydrogen) atoms. The molecule has 20 nitrogen and oxygen atoms in total. The molecule has 0 aromatic rings. The van der Waals surface area contributed by atoms with Crippen molar-refractivity contribution < 1.29 is 52.9 Å². The van der Waals surface area contributed by atoms with Crippen LogP contribution in [0.1, 0.15) is 168 Å². The molecule has 0 fully saturated rings. The Kier molecular flexibility index (Phi) is 35.6. The second-order valence-electron chi connectivity index (χ2n) is 23.9. The van der Waals surface area contributed by atoms with E-state index in [1.165, 1.54) is 6.92 Å². The van der Waals surface area contributed by atoms with Crippen LogP contribution in [0.15, 0.2) is 5.16 Å². The lowest BCUT2D eigenvalue weighted by Crippen LogP contribution is -2.47. The summed E-state index contributed by atoms with van der Waals surface area (Å²) in [5, 5.41) is 41.9. The van der Waals surface area contributed by atoms with Gasteiger partial charge in [-0.15, -0.1) is 0 Å². The van der Waals surface area contributed by atoms with Crippen LogP contribution < -0.4 is 37.2 Å². The molecule has 20 heteroatoms. The van der Waals surface area contributed by atoms with Gasteiger partial charge in [0.1, 0.15) is 6.29 Å². The van der Waals surface area contributed by atoms with E-state index >= 15 is 0 Å². The standard InChI is InChI=1S/C55H105N9O11/c1-41(32-59-44(4)66)34-74-39-52(7,8)37-73-31-25-49(69)60-35-51(5,6)36-75-40-53(9,10)38-72-30-24-48(68)57-26-16-15-18-46(33-65)63-50(70)20-17-19-47(67)58-27-21-45(22-28-61-54(11,12)42(2)56)23-29-62-55(13,14)43(3)64-71/h33,41,45-46,56,61-62,71H,15-32,34-40H2,1-14H3,(H,57,68)(H,58,67)(H,59,66)(H,60,69)(H,63,70)/b56-42?,64-43-. The minimum absolute atomic E-state index is 0.0550. The number of amides is 5. The molecule has 436 valence electrons. The van der Waals surface area contributed by atoms with Gasteiger partial charge in [0.05, 0.1) is 75.7 Å². The summed E-state index contributed by atoms with van der Waals surface area (Å²) < 4.78 is 23.5. The van der Waals surface area contributed by atoms with Gasteiger partial charge in [-0.2, -0.15) is 0 Å². The molecule has 9 N–H and O–H groups in total. The molecule has 3 unspecified atom stereocenters. The topological polar surface area (TPSA) is 280 Å². The highest BCUT2D eigenvalue weighted by molar-refractivity contribution is 5.90. The van der Waals surface area contributed by atoms with Crippen LogP contribution in [0.2, 0.25) is 0 Å². The van der Waals surface area contributed by atoms with Crippen molar-refractivity contribution in [3.8, 4) is 0 Å². The molecule has 0 radical (unpaired) electrons. The van der Waals surface area contributed by atoms with E-state index in [0.717, 1.165) is 25.8 Å². The normalized spacial score (nSPS) is 13.9. The van der Waals surface area contributed by atoms with Crippen molar-refractivity contribution in [3.63, 3.8) is 0 Å². The molecule has 0 rings (SSSR count). The summed E-state index contributed by atoms with van der Waals surface area (Å²) in [5.41, 5.74) is -0.529. The first-order valence-electron chi connectivity index (χ1n) is 27.3. The molecule has 0 heterocycles. The van der Waals surface area contributed by atoms with Gasteiger partial charge in [-0.25, -0.2) is 0 Å². The second kappa shape index (κ2) is 37.7. The first kappa shape index (κ1) is 70.9. The Morgan fingerprint density at radius 3 is 1.63 bits per heavy atom. The maximum atomic E-state index is 12.7. The molecule has 0 aromatic heterocycles. The van der Waals surface area contributed by atoms with E-state index in [9.17, 15) is 34.0 Å². The van der Waals surface area contributed by atoms with Crippen LogP contribution in [0.25, 0.3) is 0 Å². The fourth-order valence-electron chi connectivity index (χ4n) is 7.27. The third kappa shape index (κ3) is 38.2. The zero-order valence-electron chi connectivity index (χ0n) is 49.0. The lowest BCUT2D eigenvalue weighted by Gasteiger charge is -2.29. The predicted octanol–water partition coefficient (Wildman–Crippen LogP) is 5.47. The van der Waals surface area contributed by atoms with Crippen molar-refractivity contribution in [2.75, 3.05) is 92.1 Å². The zero-order chi connectivity index (χ0) is 57.1. The summed E-state index contributed by atoms with van der Waals surface area (Å²) in [6.07, 6.45) is 5.99. The first-order valence-corrected chi connectivity index (χ1v) is 27.3. The lowest BCUT2D eigenvalue weighted by molar-refractivity contribution is -0.125. The second-order valence-corrected chi connectivity index (χ2v) is 23.9. The van der Waals surface area contributed by atoms with Gasteiger partial charge in [-0.3, -0.25) is 24.0 Å². The van der Waals surface area contributed by atoms with Crippen LogP contribution in [0, 0.1) is 33.5 Å². The van der Waals surface area contributed by atoms with E-state index in [2.05, 4.69) is 42.4 Å². The quantitative estimate of drug-likeness (QED) is 0.0120. The number of hydrogen-bond donors (Lipinski definition) is 9. The molecule has 0 aliphatic rings. The Balaban J connectivity index is 4.32. The molecule has 0 aliphatic heterocycles. The van der Waals surface area contributed by atoms with E-state index in [4.69, 9.17) is 24.4 Å². The minimum atomic E-state index is -0.647. The van der Waals surface area contributed by atoms with E-state index in [1.54, 1.807) is 13.8 Å². The van der Waals surface area contributed by atoms with Crippen LogP contribution in [0.4, 0.5) is 0 Å². The molecular weight excluding hydrogens is 963 g/mol. The van der Waals surface area contributed by atoms with Gasteiger partial charge in [0.2, 0.25) is 29.5 Å². The number of oxime groups is 1. The lowest BCUT2D eigenvalue weighted by atomic mass is 9.93. The van der Waals surface area contributed by atoms with Crippen molar-refractivity contribution >= 4 is 47.2 Å². The van der Waals surface area contributed by atoms with Crippen molar-refractivity contribution in [1.82, 2.24) is 37.2 Å². The van der Waals surface area contributed by atoms with Crippen LogP contribution in [-0.2, 0) is 47.7 Å². The SMILES string of the molecule is CC(=N)C(C)(C)NCCC(CCNC(=O)CCCC(=O)NC(C=O)CCCCNC(=O)CCOCC(C)(C)COCC(C)(C)CNC(=O)CCOCC(C)(C)COCC(C)CNC(C)=O)CCNC(C)(C)/C(C)=N\O. The smallest absolute Gasteiger partial charge is 0.222 e. The summed E-state index contributed by atoms with van der Waals surface area (Å²) in [6, 6.07) is -0.647. The van der Waals surface area contributed by atoms with Gasteiger partial charge >= 0.3 is 0 Å². The van der Waals surface area contributed by atoms with Crippen molar-refractivity contribution in [2.45, 2.75) is 185 Å². The predicted molar refractivity (Wildman–Crippen MR) is 296 cm³/mol. The number of rotatable bonds is 46. The van der Waals surface area contributed by atoms with Crippen LogP contribution >= 0.6 is 0 Å².